The van der Waals surface area contributed by atoms with Crippen molar-refractivity contribution in [3.8, 4) is 5.75 Å². The van der Waals surface area contributed by atoms with E-state index in [-0.39, 0.29) is 10.8 Å². The molecule has 6 nitrogen and oxygen atoms in total. The van der Waals surface area contributed by atoms with Crippen molar-refractivity contribution in [2.24, 2.45) is 0 Å². The molecule has 1 amide bonds. The number of carbonyl (C=O) groups is 1. The molecule has 0 unspecified atom stereocenters. The third-order valence-electron chi connectivity index (χ3n) is 6.07. The fraction of sp³-hybridized carbons (Fsp3) is 0.148. The summed E-state index contributed by atoms with van der Waals surface area (Å²) in [4.78, 5) is 13.1. The minimum absolute atomic E-state index is 0.204. The molecule has 0 saturated heterocycles. The first-order chi connectivity index (χ1) is 16.5. The van der Waals surface area contributed by atoms with E-state index < -0.39 is 10.0 Å². The Morgan fingerprint density at radius 3 is 2.44 bits per heavy atom. The summed E-state index contributed by atoms with van der Waals surface area (Å²) in [5.74, 6) is 0.397. The molecule has 172 valence electrons. The van der Waals surface area contributed by atoms with Gasteiger partial charge in [0.1, 0.15) is 5.75 Å². The quantitative estimate of drug-likeness (QED) is 0.431. The average Bonchev–Trinajstić information content (AvgIpc) is 2.87. The third kappa shape index (κ3) is 4.10. The van der Waals surface area contributed by atoms with Gasteiger partial charge in [0.05, 0.1) is 17.7 Å². The highest BCUT2D eigenvalue weighted by Gasteiger charge is 2.29. The maximum Gasteiger partial charge on any atom is 0.264 e. The van der Waals surface area contributed by atoms with Crippen molar-refractivity contribution < 1.29 is 17.9 Å². The van der Waals surface area contributed by atoms with Crippen LogP contribution < -0.4 is 14.4 Å². The molecule has 1 aliphatic heterocycles. The zero-order chi connectivity index (χ0) is 23.7. The number of aryl methyl sites for hydroxylation is 1. The topological polar surface area (TPSA) is 75.7 Å². The van der Waals surface area contributed by atoms with E-state index in [0.717, 1.165) is 22.8 Å². The fourth-order valence-electron chi connectivity index (χ4n) is 4.30. The van der Waals surface area contributed by atoms with Gasteiger partial charge in [-0.3, -0.25) is 9.10 Å². The van der Waals surface area contributed by atoms with E-state index in [4.69, 9.17) is 4.74 Å². The molecule has 4 aromatic rings. The number of nitrogens with one attached hydrogen (secondary N) is 1. The van der Waals surface area contributed by atoms with E-state index in [1.807, 2.05) is 42.5 Å². The zero-order valence-electron chi connectivity index (χ0n) is 18.7. The molecule has 1 heterocycles. The normalized spacial score (nSPS) is 13.4. The molecule has 0 aromatic heterocycles. The van der Waals surface area contributed by atoms with Crippen molar-refractivity contribution in [2.45, 2.75) is 17.7 Å². The van der Waals surface area contributed by atoms with Gasteiger partial charge in [-0.2, -0.15) is 0 Å². The Morgan fingerprint density at radius 1 is 0.912 bits per heavy atom. The number of hydrogen-bond acceptors (Lipinski definition) is 4. The number of methoxy groups -OCH3 is 1. The van der Waals surface area contributed by atoms with Crippen LogP contribution in [0, 0.1) is 0 Å². The van der Waals surface area contributed by atoms with Gasteiger partial charge in [0, 0.05) is 17.8 Å². The van der Waals surface area contributed by atoms with Crippen molar-refractivity contribution in [3.05, 3.63) is 96.1 Å². The van der Waals surface area contributed by atoms with Crippen LogP contribution in [0.3, 0.4) is 0 Å². The first-order valence-corrected chi connectivity index (χ1v) is 12.5. The molecule has 0 radical (unpaired) electrons. The van der Waals surface area contributed by atoms with Gasteiger partial charge < -0.3 is 10.1 Å². The van der Waals surface area contributed by atoms with Crippen molar-refractivity contribution >= 4 is 38.1 Å². The summed E-state index contributed by atoms with van der Waals surface area (Å²) < 4.78 is 33.2. The van der Waals surface area contributed by atoms with E-state index >= 15 is 0 Å². The summed E-state index contributed by atoms with van der Waals surface area (Å²) >= 11 is 0. The standard InChI is InChI=1S/C27H24N2O4S/c1-33-24-11-13-25(14-12-24)34(31,32)29-16-4-7-21-18-23(10-15-26(21)29)28-27(30)22-9-8-19-5-2-3-6-20(19)17-22/h2-3,5-6,8-15,17-18H,4,7,16H2,1H3,(H,28,30). The number of anilines is 2. The average molecular weight is 473 g/mol. The SMILES string of the molecule is COc1ccc(S(=O)(=O)N2CCCc3cc(NC(=O)c4ccc5ccccc5c4)ccc32)cc1. The number of nitrogens with zero attached hydrogens (tertiary/aromatic N) is 1. The van der Waals surface area contributed by atoms with Crippen molar-refractivity contribution in [2.75, 3.05) is 23.3 Å². The van der Waals surface area contributed by atoms with Crippen LogP contribution in [0.2, 0.25) is 0 Å². The second-order valence-electron chi connectivity index (χ2n) is 8.22. The summed E-state index contributed by atoms with van der Waals surface area (Å²) in [6.07, 6.45) is 1.44. The molecule has 0 spiro atoms. The Hall–Kier alpha value is -3.84. The Labute approximate surface area is 198 Å². The lowest BCUT2D eigenvalue weighted by Crippen LogP contribution is -2.35. The van der Waals surface area contributed by atoms with Gasteiger partial charge in [0.25, 0.3) is 15.9 Å². The predicted octanol–water partition coefficient (Wildman–Crippen LogP) is 5.24. The summed E-state index contributed by atoms with van der Waals surface area (Å²) in [7, 11) is -2.17. The monoisotopic (exact) mass is 472 g/mol. The van der Waals surface area contributed by atoms with Gasteiger partial charge in [0.2, 0.25) is 0 Å². The highest BCUT2D eigenvalue weighted by atomic mass is 32.2. The highest BCUT2D eigenvalue weighted by Crippen LogP contribution is 2.34. The molecule has 0 bridgehead atoms. The second-order valence-corrected chi connectivity index (χ2v) is 10.1. The van der Waals surface area contributed by atoms with Crippen LogP contribution in [0.25, 0.3) is 10.8 Å². The molecular formula is C27H24N2O4S. The van der Waals surface area contributed by atoms with Gasteiger partial charge >= 0.3 is 0 Å². The molecule has 7 heteroatoms. The maximum atomic E-state index is 13.3. The smallest absolute Gasteiger partial charge is 0.264 e. The lowest BCUT2D eigenvalue weighted by Gasteiger charge is -2.31. The number of sulfonamides is 1. The lowest BCUT2D eigenvalue weighted by molar-refractivity contribution is 0.102. The molecule has 34 heavy (non-hydrogen) atoms. The van der Waals surface area contributed by atoms with Crippen LogP contribution in [-0.2, 0) is 16.4 Å². The van der Waals surface area contributed by atoms with E-state index in [1.54, 1.807) is 49.6 Å². The predicted molar refractivity (Wildman–Crippen MR) is 134 cm³/mol. The molecule has 1 N–H and O–H groups in total. The Balaban J connectivity index is 1.40. The van der Waals surface area contributed by atoms with Crippen molar-refractivity contribution in [1.29, 1.82) is 0 Å². The summed E-state index contributed by atoms with van der Waals surface area (Å²) in [6, 6.07) is 25.3. The molecule has 1 aliphatic rings. The Bertz CT molecular complexity index is 1480. The maximum absolute atomic E-state index is 13.3. The van der Waals surface area contributed by atoms with E-state index in [9.17, 15) is 13.2 Å². The number of hydrogen-bond donors (Lipinski definition) is 1. The van der Waals surface area contributed by atoms with E-state index in [1.165, 1.54) is 4.31 Å². The van der Waals surface area contributed by atoms with Gasteiger partial charge in [-0.15, -0.1) is 0 Å². The molecule has 0 saturated carbocycles. The second kappa shape index (κ2) is 8.83. The largest absolute Gasteiger partial charge is 0.497 e. The van der Waals surface area contributed by atoms with Crippen LogP contribution in [0.15, 0.2) is 89.8 Å². The third-order valence-corrected chi connectivity index (χ3v) is 7.90. The van der Waals surface area contributed by atoms with Gasteiger partial charge in [-0.1, -0.05) is 30.3 Å². The number of benzene rings is 4. The molecular weight excluding hydrogens is 448 g/mol. The number of rotatable bonds is 5. The number of carbonyl (C=O) groups excluding carboxylic acids is 1. The van der Waals surface area contributed by atoms with Crippen molar-refractivity contribution in [1.82, 2.24) is 0 Å². The first kappa shape index (κ1) is 22.0. The Kier molecular flexibility index (Phi) is 5.71. The summed E-state index contributed by atoms with van der Waals surface area (Å²) in [5.41, 5.74) is 2.74. The van der Waals surface area contributed by atoms with Gasteiger partial charge in [0.15, 0.2) is 0 Å². The number of fused-ring (bicyclic) bond motifs is 2. The lowest BCUT2D eigenvalue weighted by atomic mass is 10.0. The minimum Gasteiger partial charge on any atom is -0.497 e. The highest BCUT2D eigenvalue weighted by molar-refractivity contribution is 7.92. The van der Waals surface area contributed by atoms with Crippen molar-refractivity contribution in [3.63, 3.8) is 0 Å². The van der Waals surface area contributed by atoms with Gasteiger partial charge in [-0.25, -0.2) is 8.42 Å². The minimum atomic E-state index is -3.71. The summed E-state index contributed by atoms with van der Waals surface area (Å²) in [6.45, 7) is 0.407. The summed E-state index contributed by atoms with van der Waals surface area (Å²) in [5, 5.41) is 5.03. The van der Waals surface area contributed by atoms with E-state index in [2.05, 4.69) is 5.32 Å². The number of amides is 1. The van der Waals surface area contributed by atoms with Crippen LogP contribution in [-0.4, -0.2) is 28.0 Å². The zero-order valence-corrected chi connectivity index (χ0v) is 19.5. The molecule has 4 aromatic carbocycles. The number of ether oxygens (including phenoxy) is 1. The molecule has 5 rings (SSSR count). The van der Waals surface area contributed by atoms with Crippen LogP contribution in [0.5, 0.6) is 5.75 Å². The fourth-order valence-corrected chi connectivity index (χ4v) is 5.84. The van der Waals surface area contributed by atoms with Crippen LogP contribution >= 0.6 is 0 Å². The molecule has 0 aliphatic carbocycles. The Morgan fingerprint density at radius 2 is 1.68 bits per heavy atom. The molecule has 0 fully saturated rings. The van der Waals surface area contributed by atoms with E-state index in [0.29, 0.717) is 35.7 Å². The van der Waals surface area contributed by atoms with Crippen LogP contribution in [0.1, 0.15) is 22.3 Å². The first-order valence-electron chi connectivity index (χ1n) is 11.1. The molecule has 0 atom stereocenters. The van der Waals surface area contributed by atoms with Crippen LogP contribution in [0.4, 0.5) is 11.4 Å². The van der Waals surface area contributed by atoms with Gasteiger partial charge in [-0.05, 0) is 83.8 Å².